The van der Waals surface area contributed by atoms with Crippen molar-refractivity contribution in [3.8, 4) is 0 Å². The minimum Gasteiger partial charge on any atom is -0.387 e. The topological polar surface area (TPSA) is 100 Å². The number of hydrogen-bond acceptors (Lipinski definition) is 6. The Kier molecular flexibility index (Phi) is 3.44. The van der Waals surface area contributed by atoms with Crippen LogP contribution in [0.1, 0.15) is 39.4 Å². The lowest BCUT2D eigenvalue weighted by Crippen LogP contribution is -2.23. The third-order valence-corrected chi connectivity index (χ3v) is 3.95. The van der Waals surface area contributed by atoms with Gasteiger partial charge in [-0.05, 0) is 36.1 Å². The molecule has 7 heteroatoms. The molecule has 0 radical (unpaired) electrons. The number of anilines is 2. The summed E-state index contributed by atoms with van der Waals surface area (Å²) in [6.07, 6.45) is -4.56. The Morgan fingerprint density at radius 2 is 2.00 bits per heavy atom. The minimum atomic E-state index is -2.53. The third kappa shape index (κ3) is 6.16. The highest BCUT2D eigenvalue weighted by Crippen LogP contribution is 2.14. The van der Waals surface area contributed by atoms with Crippen LogP contribution in [0.15, 0.2) is 59.7 Å². The van der Waals surface area contributed by atoms with Gasteiger partial charge in [0.05, 0.1) is 31.9 Å². The highest BCUT2D eigenvalue weighted by Gasteiger charge is 2.08. The fourth-order valence-corrected chi connectivity index (χ4v) is 2.55. The van der Waals surface area contributed by atoms with Crippen LogP contribution in [0.5, 0.6) is 0 Å². The zero-order chi connectivity index (χ0) is 30.3. The van der Waals surface area contributed by atoms with Crippen LogP contribution in [0.2, 0.25) is 0 Å². The summed E-state index contributed by atoms with van der Waals surface area (Å²) in [6.45, 7) is -1.09. The van der Waals surface area contributed by atoms with Gasteiger partial charge in [-0.15, -0.1) is 11.3 Å². The molecule has 0 fully saturated rings. The van der Waals surface area contributed by atoms with E-state index in [1.807, 2.05) is 0 Å². The van der Waals surface area contributed by atoms with Gasteiger partial charge in [0.25, 0.3) is 0 Å². The van der Waals surface area contributed by atoms with Crippen molar-refractivity contribution in [1.82, 2.24) is 10.3 Å². The van der Waals surface area contributed by atoms with Gasteiger partial charge < -0.3 is 21.5 Å². The number of benzene rings is 2. The standard InChI is InChI=1S/C21H24N4O2S/c22-21-25-18(14-28-21)12-20(27)24-17-8-6-15(7-9-17)10-11-23-13-19(26)16-4-2-1-3-5-16/h1-9,14,19,23,26H,10-13H2,(H2,22,25)(H,24,27)/t19-/m1/s1/i1D,2D,3D,4D,5D,6D,7D,8D,9D,10D2,14D. The molecule has 0 aliphatic heterocycles. The predicted octanol–water partition coefficient (Wildman–Crippen LogP) is 2.77. The van der Waals surface area contributed by atoms with Crippen molar-refractivity contribution in [1.29, 1.82) is 0 Å². The summed E-state index contributed by atoms with van der Waals surface area (Å²) >= 11 is 0.856. The number of aromatic nitrogens is 1. The van der Waals surface area contributed by atoms with Gasteiger partial charge >= 0.3 is 0 Å². The largest absolute Gasteiger partial charge is 0.387 e. The molecule has 146 valence electrons. The molecule has 5 N–H and O–H groups in total. The lowest BCUT2D eigenvalue weighted by atomic mass is 10.1. The maximum atomic E-state index is 12.5. The number of thiazole rings is 1. The average Bonchev–Trinajstić information content (AvgIpc) is 3.18. The van der Waals surface area contributed by atoms with Gasteiger partial charge in [-0.25, -0.2) is 4.98 Å². The normalized spacial score (nSPS) is 18.5. The lowest BCUT2D eigenvalue weighted by Gasteiger charge is -2.12. The zero-order valence-corrected chi connectivity index (χ0v) is 15.3. The second-order valence-corrected chi connectivity index (χ2v) is 6.26. The summed E-state index contributed by atoms with van der Waals surface area (Å²) in [4.78, 5) is 16.3. The number of rotatable bonds is 9. The molecule has 0 bridgehead atoms. The van der Waals surface area contributed by atoms with Crippen LogP contribution in [-0.4, -0.2) is 29.1 Å². The zero-order valence-electron chi connectivity index (χ0n) is 26.5. The fraction of sp³-hybridized carbons (Fsp3) is 0.238. The number of nitrogens with zero attached hydrogens (tertiary/aromatic N) is 1. The van der Waals surface area contributed by atoms with Gasteiger partial charge in [0.2, 0.25) is 5.91 Å². The highest BCUT2D eigenvalue weighted by atomic mass is 32.1. The summed E-state index contributed by atoms with van der Waals surface area (Å²) in [6, 6.07) is -6.08. The van der Waals surface area contributed by atoms with Crippen molar-refractivity contribution < 1.29 is 26.4 Å². The van der Waals surface area contributed by atoms with Crippen molar-refractivity contribution in [3.63, 3.8) is 0 Å². The van der Waals surface area contributed by atoms with Crippen LogP contribution in [0.25, 0.3) is 0 Å². The Morgan fingerprint density at radius 3 is 2.68 bits per heavy atom. The number of aliphatic hydroxyl groups excluding tert-OH is 1. The van der Waals surface area contributed by atoms with E-state index in [-0.39, 0.29) is 21.7 Å². The first-order valence-electron chi connectivity index (χ1n) is 14.1. The van der Waals surface area contributed by atoms with Crippen LogP contribution >= 0.6 is 11.3 Å². The summed E-state index contributed by atoms with van der Waals surface area (Å²) < 4.78 is 96.5. The third-order valence-electron chi connectivity index (χ3n) is 3.32. The number of aliphatic hydroxyl groups is 1. The maximum Gasteiger partial charge on any atom is 0.230 e. The van der Waals surface area contributed by atoms with Crippen molar-refractivity contribution >= 4 is 28.1 Å². The van der Waals surface area contributed by atoms with Crippen LogP contribution < -0.4 is 16.4 Å². The monoisotopic (exact) mass is 408 g/mol. The van der Waals surface area contributed by atoms with Gasteiger partial charge in [-0.2, -0.15) is 0 Å². The number of carbonyl (C=O) groups excluding carboxylic acids is 1. The predicted molar refractivity (Wildman–Crippen MR) is 113 cm³/mol. The lowest BCUT2D eigenvalue weighted by molar-refractivity contribution is -0.115. The van der Waals surface area contributed by atoms with Gasteiger partial charge in [-0.1, -0.05) is 42.3 Å². The van der Waals surface area contributed by atoms with Crippen LogP contribution in [0.3, 0.4) is 0 Å². The molecular weight excluding hydrogens is 372 g/mol. The molecule has 0 aliphatic rings. The summed E-state index contributed by atoms with van der Waals surface area (Å²) in [5.41, 5.74) is 4.09. The second kappa shape index (κ2) is 9.98. The molecule has 1 aromatic heterocycles. The number of nitrogens with two attached hydrogens (primary N) is 1. The van der Waals surface area contributed by atoms with E-state index in [1.165, 1.54) is 0 Å². The average molecular weight is 409 g/mol. The fourth-order valence-electron chi connectivity index (χ4n) is 2.05. The van der Waals surface area contributed by atoms with E-state index in [0.29, 0.717) is 0 Å². The van der Waals surface area contributed by atoms with E-state index in [9.17, 15) is 9.90 Å². The highest BCUT2D eigenvalue weighted by molar-refractivity contribution is 7.13. The quantitative estimate of drug-likeness (QED) is 0.436. The van der Waals surface area contributed by atoms with E-state index >= 15 is 0 Å². The van der Waals surface area contributed by atoms with Gasteiger partial charge in [-0.3, -0.25) is 4.79 Å². The van der Waals surface area contributed by atoms with Gasteiger partial charge in [0.1, 0.15) is 0 Å². The molecule has 3 rings (SSSR count). The molecule has 1 heterocycles. The Labute approximate surface area is 185 Å². The summed E-state index contributed by atoms with van der Waals surface area (Å²) in [5, 5.41) is 15.3. The first-order valence-corrected chi connectivity index (χ1v) is 8.89. The van der Waals surface area contributed by atoms with E-state index < -0.39 is 104 Å². The number of nitrogens with one attached hydrogen (secondary N) is 2. The number of nitrogen functional groups attached to an aromatic ring is 1. The summed E-state index contributed by atoms with van der Waals surface area (Å²) in [5.74, 6) is -0.779. The number of hydrogen-bond donors (Lipinski definition) is 4. The Bertz CT molecular complexity index is 1420. The molecule has 1 atom stereocenters. The van der Waals surface area contributed by atoms with Gasteiger partial charge in [0, 0.05) is 20.3 Å². The summed E-state index contributed by atoms with van der Waals surface area (Å²) in [7, 11) is 0. The number of amides is 1. The molecule has 0 unspecified atom stereocenters. The number of carbonyl (C=O) groups is 1. The first-order chi connectivity index (χ1) is 18.5. The van der Waals surface area contributed by atoms with Crippen molar-refractivity contribution in [2.75, 3.05) is 24.1 Å². The molecule has 0 aliphatic carbocycles. The molecular formula is C21H24N4O2S. The van der Waals surface area contributed by atoms with E-state index in [2.05, 4.69) is 15.6 Å². The van der Waals surface area contributed by atoms with E-state index in [4.69, 9.17) is 22.2 Å². The molecule has 28 heavy (non-hydrogen) atoms. The first kappa shape index (κ1) is 9.65. The van der Waals surface area contributed by atoms with Crippen molar-refractivity contribution in [3.05, 3.63) is 76.6 Å². The Balaban J connectivity index is 1.80. The SMILES string of the molecule is [2H]c1sc(N)nc1CC(=O)Nc1c([2H])c([2H])c(C([2H])([2H])CNC[C@@H](O)c2c([2H])c([2H])c([2H])c([2H])c2[2H])c([2H])c1[2H]. The van der Waals surface area contributed by atoms with E-state index in [1.54, 1.807) is 0 Å². The minimum absolute atomic E-state index is 0.0417. The Hall–Kier alpha value is -2.74. The van der Waals surface area contributed by atoms with Crippen LogP contribution in [0, 0.1) is 0 Å². The van der Waals surface area contributed by atoms with Crippen LogP contribution in [-0.2, 0) is 17.6 Å². The molecule has 0 spiro atoms. The maximum absolute atomic E-state index is 12.5. The van der Waals surface area contributed by atoms with E-state index in [0.717, 1.165) is 11.3 Å². The Morgan fingerprint density at radius 1 is 1.25 bits per heavy atom. The molecule has 2 aromatic carbocycles. The smallest absolute Gasteiger partial charge is 0.230 e. The molecule has 0 saturated heterocycles. The molecule has 1 amide bonds. The van der Waals surface area contributed by atoms with Crippen LogP contribution in [0.4, 0.5) is 10.8 Å². The molecule has 3 aromatic rings. The van der Waals surface area contributed by atoms with Crippen molar-refractivity contribution in [2.24, 2.45) is 0 Å². The van der Waals surface area contributed by atoms with Gasteiger partial charge in [0.15, 0.2) is 5.13 Å². The second-order valence-electron chi connectivity index (χ2n) is 5.44. The molecule has 6 nitrogen and oxygen atoms in total. The van der Waals surface area contributed by atoms with Crippen molar-refractivity contribution in [2.45, 2.75) is 18.9 Å². The molecule has 0 saturated carbocycles.